The SMILES string of the molecule is CC#CC(=O)N(CCOC)CC1CCN(C)CC1. The zero-order valence-electron chi connectivity index (χ0n) is 11.7. The van der Waals surface area contributed by atoms with E-state index in [-0.39, 0.29) is 5.91 Å². The number of methoxy groups -OCH3 is 1. The molecular weight excluding hydrogens is 228 g/mol. The molecule has 102 valence electrons. The van der Waals surface area contributed by atoms with Gasteiger partial charge in [0.15, 0.2) is 0 Å². The van der Waals surface area contributed by atoms with Crippen molar-refractivity contribution < 1.29 is 9.53 Å². The van der Waals surface area contributed by atoms with Crippen molar-refractivity contribution in [2.45, 2.75) is 19.8 Å². The predicted octanol–water partition coefficient (Wildman–Crippen LogP) is 0.827. The number of carbonyl (C=O) groups is 1. The van der Waals surface area contributed by atoms with Gasteiger partial charge in [0.2, 0.25) is 0 Å². The minimum atomic E-state index is -0.0755. The highest BCUT2D eigenvalue weighted by Gasteiger charge is 2.21. The molecule has 1 aliphatic heterocycles. The Kier molecular flexibility index (Phi) is 6.77. The van der Waals surface area contributed by atoms with Gasteiger partial charge < -0.3 is 14.5 Å². The number of piperidine rings is 1. The van der Waals surface area contributed by atoms with Crippen LogP contribution in [-0.4, -0.2) is 62.7 Å². The van der Waals surface area contributed by atoms with Gasteiger partial charge in [0, 0.05) is 20.2 Å². The van der Waals surface area contributed by atoms with Crippen molar-refractivity contribution in [3.63, 3.8) is 0 Å². The highest BCUT2D eigenvalue weighted by Crippen LogP contribution is 2.17. The first-order valence-electron chi connectivity index (χ1n) is 6.56. The average Bonchev–Trinajstić information content (AvgIpc) is 2.37. The number of rotatable bonds is 5. The largest absolute Gasteiger partial charge is 0.383 e. The normalized spacial score (nSPS) is 17.1. The van der Waals surface area contributed by atoms with Crippen molar-refractivity contribution in [2.24, 2.45) is 5.92 Å². The molecule has 1 fully saturated rings. The van der Waals surface area contributed by atoms with Gasteiger partial charge in [-0.2, -0.15) is 0 Å². The summed E-state index contributed by atoms with van der Waals surface area (Å²) in [5.41, 5.74) is 0. The maximum Gasteiger partial charge on any atom is 0.298 e. The van der Waals surface area contributed by atoms with Crippen LogP contribution in [0.5, 0.6) is 0 Å². The summed E-state index contributed by atoms with van der Waals surface area (Å²) in [7, 11) is 3.80. The van der Waals surface area contributed by atoms with Crippen molar-refractivity contribution in [2.75, 3.05) is 46.9 Å². The summed E-state index contributed by atoms with van der Waals surface area (Å²) in [6.45, 7) is 5.96. The van der Waals surface area contributed by atoms with Crippen molar-refractivity contribution in [1.82, 2.24) is 9.80 Å². The monoisotopic (exact) mass is 252 g/mol. The molecule has 4 nitrogen and oxygen atoms in total. The summed E-state index contributed by atoms with van der Waals surface area (Å²) in [6.07, 6.45) is 2.32. The van der Waals surface area contributed by atoms with Gasteiger partial charge in [-0.25, -0.2) is 0 Å². The highest BCUT2D eigenvalue weighted by atomic mass is 16.5. The van der Waals surface area contributed by atoms with Crippen molar-refractivity contribution >= 4 is 5.91 Å². The first-order chi connectivity index (χ1) is 8.67. The highest BCUT2D eigenvalue weighted by molar-refractivity contribution is 5.93. The van der Waals surface area contributed by atoms with Crippen LogP contribution in [0.2, 0.25) is 0 Å². The molecule has 1 aliphatic rings. The van der Waals surface area contributed by atoms with Gasteiger partial charge in [-0.1, -0.05) is 5.92 Å². The Morgan fingerprint density at radius 2 is 2.11 bits per heavy atom. The Balaban J connectivity index is 2.48. The van der Waals surface area contributed by atoms with Crippen LogP contribution in [0, 0.1) is 17.8 Å². The molecule has 1 saturated heterocycles. The molecule has 0 aromatic rings. The molecule has 0 spiro atoms. The lowest BCUT2D eigenvalue weighted by atomic mass is 9.96. The maximum atomic E-state index is 11.9. The van der Waals surface area contributed by atoms with E-state index in [0.717, 1.165) is 32.5 Å². The van der Waals surface area contributed by atoms with Gasteiger partial charge in [0.05, 0.1) is 6.61 Å². The molecule has 4 heteroatoms. The first kappa shape index (κ1) is 15.0. The van der Waals surface area contributed by atoms with Gasteiger partial charge in [0.1, 0.15) is 0 Å². The lowest BCUT2D eigenvalue weighted by molar-refractivity contribution is -0.126. The van der Waals surface area contributed by atoms with Gasteiger partial charge in [-0.3, -0.25) is 4.79 Å². The molecule has 0 aliphatic carbocycles. The van der Waals surface area contributed by atoms with E-state index in [4.69, 9.17) is 4.74 Å². The minimum absolute atomic E-state index is 0.0755. The summed E-state index contributed by atoms with van der Waals surface area (Å²) in [5, 5.41) is 0. The van der Waals surface area contributed by atoms with Crippen LogP contribution in [-0.2, 0) is 9.53 Å². The number of amides is 1. The minimum Gasteiger partial charge on any atom is -0.383 e. The smallest absolute Gasteiger partial charge is 0.298 e. The van der Waals surface area contributed by atoms with Crippen molar-refractivity contribution in [3.8, 4) is 11.8 Å². The fourth-order valence-electron chi connectivity index (χ4n) is 2.22. The lowest BCUT2D eigenvalue weighted by Gasteiger charge is -2.32. The third kappa shape index (κ3) is 5.07. The second-order valence-corrected chi connectivity index (χ2v) is 4.87. The van der Waals surface area contributed by atoms with E-state index < -0.39 is 0 Å². The third-order valence-electron chi connectivity index (χ3n) is 3.40. The van der Waals surface area contributed by atoms with Crippen molar-refractivity contribution in [1.29, 1.82) is 0 Å². The number of ether oxygens (including phenoxy) is 1. The number of hydrogen-bond donors (Lipinski definition) is 0. The Hall–Kier alpha value is -1.05. The van der Waals surface area contributed by atoms with Crippen LogP contribution >= 0.6 is 0 Å². The van der Waals surface area contributed by atoms with Gasteiger partial charge in [0.25, 0.3) is 5.91 Å². The van der Waals surface area contributed by atoms with Gasteiger partial charge in [-0.05, 0) is 51.7 Å². The van der Waals surface area contributed by atoms with E-state index in [1.54, 1.807) is 14.0 Å². The number of likely N-dealkylation sites (tertiary alicyclic amines) is 1. The average molecular weight is 252 g/mol. The lowest BCUT2D eigenvalue weighted by Crippen LogP contribution is -2.40. The second kappa shape index (κ2) is 8.12. The molecule has 0 bridgehead atoms. The molecule has 18 heavy (non-hydrogen) atoms. The molecule has 1 rings (SSSR count). The molecule has 1 amide bonds. The maximum absolute atomic E-state index is 11.9. The number of nitrogens with zero attached hydrogens (tertiary/aromatic N) is 2. The molecule has 1 heterocycles. The molecule has 0 aromatic heterocycles. The van der Waals surface area contributed by atoms with E-state index in [0.29, 0.717) is 19.1 Å². The van der Waals surface area contributed by atoms with Crippen LogP contribution in [0.1, 0.15) is 19.8 Å². The second-order valence-electron chi connectivity index (χ2n) is 4.87. The fourth-order valence-corrected chi connectivity index (χ4v) is 2.22. The zero-order valence-corrected chi connectivity index (χ0v) is 11.7. The molecule has 0 unspecified atom stereocenters. The van der Waals surface area contributed by atoms with E-state index in [9.17, 15) is 4.79 Å². The van der Waals surface area contributed by atoms with E-state index >= 15 is 0 Å². The quantitative estimate of drug-likeness (QED) is 0.679. The Morgan fingerprint density at radius 3 is 2.67 bits per heavy atom. The summed E-state index contributed by atoms with van der Waals surface area (Å²) in [5.74, 6) is 5.82. The molecule has 0 N–H and O–H groups in total. The van der Waals surface area contributed by atoms with E-state index in [1.807, 2.05) is 4.90 Å². The van der Waals surface area contributed by atoms with Crippen LogP contribution in [0.4, 0.5) is 0 Å². The molecule has 0 saturated carbocycles. The van der Waals surface area contributed by atoms with E-state index in [1.165, 1.54) is 0 Å². The Morgan fingerprint density at radius 1 is 1.44 bits per heavy atom. The van der Waals surface area contributed by atoms with Gasteiger partial charge >= 0.3 is 0 Å². The van der Waals surface area contributed by atoms with Crippen LogP contribution < -0.4 is 0 Å². The number of hydrogen-bond acceptors (Lipinski definition) is 3. The van der Waals surface area contributed by atoms with Crippen LogP contribution in [0.15, 0.2) is 0 Å². The van der Waals surface area contributed by atoms with Crippen LogP contribution in [0.25, 0.3) is 0 Å². The number of carbonyl (C=O) groups excluding carboxylic acids is 1. The Labute approximate surface area is 110 Å². The van der Waals surface area contributed by atoms with E-state index in [2.05, 4.69) is 23.8 Å². The van der Waals surface area contributed by atoms with Crippen molar-refractivity contribution in [3.05, 3.63) is 0 Å². The van der Waals surface area contributed by atoms with Gasteiger partial charge in [-0.15, -0.1) is 0 Å². The summed E-state index contributed by atoms with van der Waals surface area (Å²) >= 11 is 0. The third-order valence-corrected chi connectivity index (χ3v) is 3.40. The zero-order chi connectivity index (χ0) is 13.4. The topological polar surface area (TPSA) is 32.8 Å². The molecule has 0 aromatic carbocycles. The summed E-state index contributed by atoms with van der Waals surface area (Å²) < 4.78 is 5.06. The predicted molar refractivity (Wildman–Crippen MR) is 72.1 cm³/mol. The molecule has 0 atom stereocenters. The summed E-state index contributed by atoms with van der Waals surface area (Å²) in [6, 6.07) is 0. The molecular formula is C14H24N2O2. The Bertz CT molecular complexity index is 311. The first-order valence-corrected chi connectivity index (χ1v) is 6.56. The fraction of sp³-hybridized carbons (Fsp3) is 0.786. The standard InChI is InChI=1S/C14H24N2O2/c1-4-5-14(17)16(10-11-18-3)12-13-6-8-15(2)9-7-13/h13H,6-12H2,1-3H3. The van der Waals surface area contributed by atoms with Crippen LogP contribution in [0.3, 0.4) is 0 Å². The summed E-state index contributed by atoms with van der Waals surface area (Å²) in [4.78, 5) is 16.0. The molecule has 0 radical (unpaired) electrons.